The molecule has 0 saturated carbocycles. The maximum atomic E-state index is 12.6. The first kappa shape index (κ1) is 18.6. The van der Waals surface area contributed by atoms with E-state index in [1.54, 1.807) is 14.2 Å². The van der Waals surface area contributed by atoms with Gasteiger partial charge in [-0.2, -0.15) is 0 Å². The number of methoxy groups -OCH3 is 2. The highest BCUT2D eigenvalue weighted by molar-refractivity contribution is 5.69. The van der Waals surface area contributed by atoms with Crippen LogP contribution < -0.4 is 15.0 Å². The molecular weight excluding hydrogens is 346 g/mol. The molecule has 0 radical (unpaired) electrons. The number of aryl methyl sites for hydroxylation is 1. The van der Waals surface area contributed by atoms with Crippen LogP contribution in [-0.2, 0) is 6.42 Å². The fourth-order valence-corrected chi connectivity index (χ4v) is 3.03. The number of aromatic amines is 2. The number of ether oxygens (including phenoxy) is 2. The van der Waals surface area contributed by atoms with Crippen LogP contribution in [0.4, 0.5) is 0 Å². The van der Waals surface area contributed by atoms with Gasteiger partial charge in [0.2, 0.25) is 0 Å². The van der Waals surface area contributed by atoms with Gasteiger partial charge in [0.05, 0.1) is 25.5 Å². The highest BCUT2D eigenvalue weighted by atomic mass is 16.5. The van der Waals surface area contributed by atoms with Crippen molar-refractivity contribution in [1.29, 1.82) is 0 Å². The first-order chi connectivity index (χ1) is 13.2. The van der Waals surface area contributed by atoms with E-state index in [0.717, 1.165) is 42.5 Å². The second-order valence-electron chi connectivity index (χ2n) is 6.19. The molecule has 3 rings (SSSR count). The van der Waals surface area contributed by atoms with Gasteiger partial charge >= 0.3 is 0 Å². The largest absolute Gasteiger partial charge is 0.493 e. The predicted octanol–water partition coefficient (Wildman–Crippen LogP) is 2.97. The molecule has 0 aliphatic heterocycles. The minimum atomic E-state index is -0.252. The van der Waals surface area contributed by atoms with Gasteiger partial charge in [0.25, 0.3) is 5.56 Å². The van der Waals surface area contributed by atoms with Gasteiger partial charge in [-0.15, -0.1) is 5.10 Å². The van der Waals surface area contributed by atoms with Gasteiger partial charge in [0.15, 0.2) is 17.3 Å². The number of benzene rings is 1. The summed E-state index contributed by atoms with van der Waals surface area (Å²) < 4.78 is 10.7. The summed E-state index contributed by atoms with van der Waals surface area (Å²) >= 11 is 0. The highest BCUT2D eigenvalue weighted by Gasteiger charge is 2.15. The maximum absolute atomic E-state index is 12.6. The number of nitrogens with zero attached hydrogens (tertiary/aromatic N) is 3. The summed E-state index contributed by atoms with van der Waals surface area (Å²) in [6.45, 7) is 2.16. The molecule has 0 bridgehead atoms. The van der Waals surface area contributed by atoms with E-state index in [2.05, 4.69) is 32.5 Å². The Balaban J connectivity index is 2.10. The zero-order valence-electron chi connectivity index (χ0n) is 15.7. The molecule has 0 aliphatic carbocycles. The summed E-state index contributed by atoms with van der Waals surface area (Å²) in [5.74, 6) is 1.60. The molecular formula is C19H23N5O3. The zero-order valence-corrected chi connectivity index (χ0v) is 15.7. The van der Waals surface area contributed by atoms with E-state index >= 15 is 0 Å². The lowest BCUT2D eigenvalue weighted by Crippen LogP contribution is -2.13. The lowest BCUT2D eigenvalue weighted by Gasteiger charge is -2.13. The van der Waals surface area contributed by atoms with Crippen molar-refractivity contribution < 1.29 is 9.47 Å². The smallest absolute Gasteiger partial charge is 0.259 e. The van der Waals surface area contributed by atoms with Gasteiger partial charge in [-0.25, -0.2) is 5.10 Å². The van der Waals surface area contributed by atoms with Gasteiger partial charge in [0.1, 0.15) is 0 Å². The molecule has 3 aromatic rings. The first-order valence-electron chi connectivity index (χ1n) is 8.90. The molecule has 0 aliphatic rings. The molecule has 0 atom stereocenters. The Bertz CT molecular complexity index is 950. The molecule has 0 unspecified atom stereocenters. The fraction of sp³-hybridized carbons (Fsp3) is 0.368. The third-order valence-corrected chi connectivity index (χ3v) is 4.45. The summed E-state index contributed by atoms with van der Waals surface area (Å²) in [6.07, 6.45) is 4.09. The molecule has 0 saturated heterocycles. The SMILES string of the molecule is CCCCCc1cc(-c2nnn[nH]2)c(=O)[nH]c1-c1ccc(OC)c(OC)c1. The van der Waals surface area contributed by atoms with Crippen molar-refractivity contribution in [3.63, 3.8) is 0 Å². The average molecular weight is 369 g/mol. The fourth-order valence-electron chi connectivity index (χ4n) is 3.03. The molecule has 142 valence electrons. The number of rotatable bonds is 8. The summed E-state index contributed by atoms with van der Waals surface area (Å²) in [5, 5.41) is 13.6. The van der Waals surface area contributed by atoms with Gasteiger partial charge in [-0.3, -0.25) is 4.79 Å². The van der Waals surface area contributed by atoms with Gasteiger partial charge < -0.3 is 14.5 Å². The number of H-pyrrole nitrogens is 2. The van der Waals surface area contributed by atoms with Crippen LogP contribution in [0, 0.1) is 0 Å². The van der Waals surface area contributed by atoms with Crippen molar-refractivity contribution in [2.24, 2.45) is 0 Å². The molecule has 0 amide bonds. The monoisotopic (exact) mass is 369 g/mol. The van der Waals surface area contributed by atoms with E-state index in [1.807, 2.05) is 24.3 Å². The quantitative estimate of drug-likeness (QED) is 0.591. The Morgan fingerprint density at radius 2 is 1.89 bits per heavy atom. The highest BCUT2D eigenvalue weighted by Crippen LogP contribution is 2.33. The normalized spacial score (nSPS) is 10.8. The minimum Gasteiger partial charge on any atom is -0.493 e. The molecule has 0 fully saturated rings. The molecule has 2 heterocycles. The number of pyridine rings is 1. The number of aromatic nitrogens is 5. The average Bonchev–Trinajstić information content (AvgIpc) is 3.23. The molecule has 8 nitrogen and oxygen atoms in total. The summed E-state index contributed by atoms with van der Waals surface area (Å²) in [4.78, 5) is 15.6. The van der Waals surface area contributed by atoms with Crippen LogP contribution in [0.5, 0.6) is 11.5 Å². The van der Waals surface area contributed by atoms with Crippen LogP contribution in [0.3, 0.4) is 0 Å². The topological polar surface area (TPSA) is 106 Å². The van der Waals surface area contributed by atoms with Crippen molar-refractivity contribution in [2.45, 2.75) is 32.6 Å². The van der Waals surface area contributed by atoms with Crippen molar-refractivity contribution in [3.05, 3.63) is 40.2 Å². The van der Waals surface area contributed by atoms with Gasteiger partial charge in [0, 0.05) is 5.56 Å². The summed E-state index contributed by atoms with van der Waals surface area (Å²) in [6, 6.07) is 7.47. The Labute approximate surface area is 156 Å². The molecule has 1 aromatic carbocycles. The standard InChI is InChI=1S/C19H23N5O3/c1-4-5-6-7-12-10-14(18-21-23-24-22-18)19(25)20-17(12)13-8-9-15(26-2)16(11-13)27-3/h8-11H,4-7H2,1-3H3,(H,20,25)(H,21,22,23,24). The molecule has 2 N–H and O–H groups in total. The zero-order chi connectivity index (χ0) is 19.2. The Morgan fingerprint density at radius 3 is 2.56 bits per heavy atom. The predicted molar refractivity (Wildman–Crippen MR) is 102 cm³/mol. The number of nitrogens with one attached hydrogen (secondary N) is 2. The third-order valence-electron chi connectivity index (χ3n) is 4.45. The number of hydrogen-bond donors (Lipinski definition) is 2. The van der Waals surface area contributed by atoms with Crippen LogP contribution in [0.2, 0.25) is 0 Å². The van der Waals surface area contributed by atoms with E-state index in [4.69, 9.17) is 9.47 Å². The minimum absolute atomic E-state index is 0.252. The van der Waals surface area contributed by atoms with Crippen LogP contribution in [0.25, 0.3) is 22.6 Å². The van der Waals surface area contributed by atoms with Crippen molar-refractivity contribution in [3.8, 4) is 34.1 Å². The first-order valence-corrected chi connectivity index (χ1v) is 8.90. The van der Waals surface area contributed by atoms with Crippen LogP contribution in [0.1, 0.15) is 31.7 Å². The van der Waals surface area contributed by atoms with E-state index < -0.39 is 0 Å². The third kappa shape index (κ3) is 3.99. The van der Waals surface area contributed by atoms with E-state index in [0.29, 0.717) is 22.9 Å². The van der Waals surface area contributed by atoms with E-state index in [-0.39, 0.29) is 5.56 Å². The molecule has 2 aromatic heterocycles. The van der Waals surface area contributed by atoms with Gasteiger partial charge in [-0.1, -0.05) is 19.8 Å². The second-order valence-corrected chi connectivity index (χ2v) is 6.19. The van der Waals surface area contributed by atoms with Crippen LogP contribution >= 0.6 is 0 Å². The van der Waals surface area contributed by atoms with E-state index in [1.165, 1.54) is 0 Å². The van der Waals surface area contributed by atoms with Crippen molar-refractivity contribution in [1.82, 2.24) is 25.6 Å². The van der Waals surface area contributed by atoms with E-state index in [9.17, 15) is 4.79 Å². The summed E-state index contributed by atoms with van der Waals surface area (Å²) in [7, 11) is 3.18. The second kappa shape index (κ2) is 8.48. The number of tetrazole rings is 1. The number of unbranched alkanes of at least 4 members (excludes halogenated alkanes) is 2. The van der Waals surface area contributed by atoms with Crippen molar-refractivity contribution in [2.75, 3.05) is 14.2 Å². The molecule has 0 spiro atoms. The number of hydrogen-bond acceptors (Lipinski definition) is 6. The Hall–Kier alpha value is -3.16. The maximum Gasteiger partial charge on any atom is 0.259 e. The summed E-state index contributed by atoms with van der Waals surface area (Å²) in [5.41, 5.74) is 2.83. The van der Waals surface area contributed by atoms with Crippen molar-refractivity contribution >= 4 is 0 Å². The van der Waals surface area contributed by atoms with Crippen LogP contribution in [-0.4, -0.2) is 39.8 Å². The molecule has 8 heteroatoms. The Kier molecular flexibility index (Phi) is 5.85. The lowest BCUT2D eigenvalue weighted by molar-refractivity contribution is 0.355. The molecule has 27 heavy (non-hydrogen) atoms. The Morgan fingerprint density at radius 1 is 1.07 bits per heavy atom. The van der Waals surface area contributed by atoms with Crippen LogP contribution in [0.15, 0.2) is 29.1 Å². The van der Waals surface area contributed by atoms with Gasteiger partial charge in [-0.05, 0) is 53.1 Å². The lowest BCUT2D eigenvalue weighted by atomic mass is 9.98.